The first kappa shape index (κ1) is 19.5. The van der Waals surface area contributed by atoms with Gasteiger partial charge in [0.1, 0.15) is 6.61 Å². The molecule has 0 bridgehead atoms. The lowest BCUT2D eigenvalue weighted by atomic mass is 9.80. The van der Waals surface area contributed by atoms with E-state index in [0.29, 0.717) is 0 Å². The van der Waals surface area contributed by atoms with Gasteiger partial charge in [0.25, 0.3) is 0 Å². The second-order valence-electron chi connectivity index (χ2n) is 8.05. The lowest BCUT2D eigenvalue weighted by Crippen LogP contribution is -2.38. The number of hydrogen-bond acceptors (Lipinski definition) is 3. The van der Waals surface area contributed by atoms with E-state index in [1.54, 1.807) is 0 Å². The molecule has 0 aliphatic heterocycles. The van der Waals surface area contributed by atoms with E-state index in [1.807, 2.05) is 24.3 Å². The summed E-state index contributed by atoms with van der Waals surface area (Å²) in [7, 11) is 0. The molecule has 1 atom stereocenters. The molecule has 0 heterocycles. The Bertz CT molecular complexity index is 842. The maximum Gasteiger partial charge on any atom is 0.407 e. The van der Waals surface area contributed by atoms with Gasteiger partial charge in [0, 0.05) is 12.5 Å². The number of rotatable bonds is 6. The molecule has 5 nitrogen and oxygen atoms in total. The summed E-state index contributed by atoms with van der Waals surface area (Å²) < 4.78 is 5.51. The van der Waals surface area contributed by atoms with Crippen molar-refractivity contribution in [3.8, 4) is 11.1 Å². The third-order valence-corrected chi connectivity index (χ3v) is 6.35. The molecule has 0 saturated heterocycles. The van der Waals surface area contributed by atoms with Crippen LogP contribution in [0, 0.1) is 11.8 Å². The Morgan fingerprint density at radius 1 is 0.966 bits per heavy atom. The molecular weight excluding hydrogens is 366 g/mol. The van der Waals surface area contributed by atoms with Gasteiger partial charge in [-0.15, -0.1) is 0 Å². The van der Waals surface area contributed by atoms with E-state index in [-0.39, 0.29) is 25.0 Å². The van der Waals surface area contributed by atoms with Gasteiger partial charge in [-0.05, 0) is 41.0 Å². The van der Waals surface area contributed by atoms with Crippen LogP contribution in [0.2, 0.25) is 0 Å². The van der Waals surface area contributed by atoms with Crippen molar-refractivity contribution in [2.24, 2.45) is 11.8 Å². The first-order chi connectivity index (χ1) is 14.1. The molecule has 2 aromatic carbocycles. The lowest BCUT2D eigenvalue weighted by molar-refractivity contribution is -0.143. The van der Waals surface area contributed by atoms with Crippen molar-refractivity contribution in [1.29, 1.82) is 0 Å². The second-order valence-corrected chi connectivity index (χ2v) is 8.05. The molecule has 1 fully saturated rings. The van der Waals surface area contributed by atoms with Gasteiger partial charge in [0.2, 0.25) is 0 Å². The van der Waals surface area contributed by atoms with Crippen molar-refractivity contribution in [3.05, 3.63) is 59.7 Å². The summed E-state index contributed by atoms with van der Waals surface area (Å²) in [5.41, 5.74) is 4.68. The molecule has 29 heavy (non-hydrogen) atoms. The van der Waals surface area contributed by atoms with Crippen LogP contribution in [-0.2, 0) is 9.53 Å². The maximum absolute atomic E-state index is 12.3. The van der Waals surface area contributed by atoms with Crippen molar-refractivity contribution >= 4 is 12.1 Å². The van der Waals surface area contributed by atoms with Gasteiger partial charge in [-0.25, -0.2) is 4.79 Å². The van der Waals surface area contributed by atoms with Crippen LogP contribution in [0.1, 0.15) is 49.1 Å². The second kappa shape index (κ2) is 8.68. The Balaban J connectivity index is 1.37. The minimum atomic E-state index is -0.837. The highest BCUT2D eigenvalue weighted by atomic mass is 16.5. The van der Waals surface area contributed by atoms with Crippen molar-refractivity contribution in [3.63, 3.8) is 0 Å². The monoisotopic (exact) mass is 393 g/mol. The van der Waals surface area contributed by atoms with Crippen LogP contribution < -0.4 is 5.32 Å². The lowest BCUT2D eigenvalue weighted by Gasteiger charge is -2.27. The molecule has 2 aliphatic rings. The van der Waals surface area contributed by atoms with Gasteiger partial charge in [0.15, 0.2) is 0 Å². The number of carbonyl (C=O) groups excluding carboxylic acids is 1. The third kappa shape index (κ3) is 4.14. The molecule has 0 spiro atoms. The summed E-state index contributed by atoms with van der Waals surface area (Å²) >= 11 is 0. The minimum absolute atomic E-state index is 0.00163. The first-order valence-electron chi connectivity index (χ1n) is 10.5. The molecule has 2 aliphatic carbocycles. The number of fused-ring (bicyclic) bond motifs is 3. The predicted molar refractivity (Wildman–Crippen MR) is 111 cm³/mol. The number of alkyl carbamates (subject to hydrolysis) is 1. The van der Waals surface area contributed by atoms with Gasteiger partial charge in [-0.1, -0.05) is 67.8 Å². The Labute approximate surface area is 171 Å². The van der Waals surface area contributed by atoms with E-state index in [9.17, 15) is 14.7 Å². The SMILES string of the molecule is O=C(NCC(C(=O)O)C1CCCCC1)OCC1c2ccccc2-c2ccccc21. The van der Waals surface area contributed by atoms with Crippen molar-refractivity contribution < 1.29 is 19.4 Å². The molecule has 4 rings (SSSR count). The Hall–Kier alpha value is -2.82. The van der Waals surface area contributed by atoms with Crippen LogP contribution in [0.3, 0.4) is 0 Å². The standard InChI is InChI=1S/C24H27NO4/c26-23(27)21(16-8-2-1-3-9-16)14-25-24(28)29-15-22-19-12-6-4-10-17(19)18-11-5-7-13-20(18)22/h4-7,10-13,16,21-22H,1-3,8-9,14-15H2,(H,25,28)(H,26,27). The van der Waals surface area contributed by atoms with Gasteiger partial charge in [0.05, 0.1) is 5.92 Å². The minimum Gasteiger partial charge on any atom is -0.481 e. The van der Waals surface area contributed by atoms with Crippen LogP contribution in [0.4, 0.5) is 4.79 Å². The van der Waals surface area contributed by atoms with E-state index in [4.69, 9.17) is 4.74 Å². The first-order valence-corrected chi connectivity index (χ1v) is 10.5. The highest BCUT2D eigenvalue weighted by molar-refractivity contribution is 5.79. The van der Waals surface area contributed by atoms with Crippen molar-refractivity contribution in [2.45, 2.75) is 38.0 Å². The summed E-state index contributed by atoms with van der Waals surface area (Å²) in [6.07, 6.45) is 4.60. The Morgan fingerprint density at radius 3 is 2.14 bits per heavy atom. The van der Waals surface area contributed by atoms with Crippen molar-refractivity contribution in [1.82, 2.24) is 5.32 Å². The summed E-state index contributed by atoms with van der Waals surface area (Å²) in [4.78, 5) is 24.0. The Morgan fingerprint density at radius 2 is 1.55 bits per heavy atom. The van der Waals surface area contributed by atoms with Gasteiger partial charge in [-0.3, -0.25) is 4.79 Å². The van der Waals surface area contributed by atoms with Gasteiger partial charge in [-0.2, -0.15) is 0 Å². The zero-order valence-corrected chi connectivity index (χ0v) is 16.5. The normalized spacial score (nSPS) is 17.2. The number of ether oxygens (including phenoxy) is 1. The molecule has 1 unspecified atom stereocenters. The number of aliphatic carboxylic acids is 1. The summed E-state index contributed by atoms with van der Waals surface area (Å²) in [5.74, 6) is -1.25. The van der Waals surface area contributed by atoms with Crippen LogP contribution in [0.25, 0.3) is 11.1 Å². The van der Waals surface area contributed by atoms with E-state index >= 15 is 0 Å². The zero-order valence-electron chi connectivity index (χ0n) is 16.5. The van der Waals surface area contributed by atoms with E-state index in [1.165, 1.54) is 17.5 Å². The van der Waals surface area contributed by atoms with Crippen LogP contribution >= 0.6 is 0 Å². The molecule has 5 heteroatoms. The van der Waals surface area contributed by atoms with Crippen LogP contribution in [0.5, 0.6) is 0 Å². The fourth-order valence-electron chi connectivity index (χ4n) is 4.83. The molecular formula is C24H27NO4. The number of carbonyl (C=O) groups is 2. The molecule has 152 valence electrons. The fraction of sp³-hybridized carbons (Fsp3) is 0.417. The van der Waals surface area contributed by atoms with Crippen LogP contribution in [0.15, 0.2) is 48.5 Å². The average molecular weight is 393 g/mol. The topological polar surface area (TPSA) is 75.6 Å². The van der Waals surface area contributed by atoms with E-state index in [0.717, 1.165) is 36.8 Å². The number of benzene rings is 2. The average Bonchev–Trinajstić information content (AvgIpc) is 3.07. The van der Waals surface area contributed by atoms with Crippen LogP contribution in [-0.4, -0.2) is 30.3 Å². The van der Waals surface area contributed by atoms with Crippen molar-refractivity contribution in [2.75, 3.05) is 13.2 Å². The van der Waals surface area contributed by atoms with E-state index in [2.05, 4.69) is 29.6 Å². The van der Waals surface area contributed by atoms with Gasteiger partial charge < -0.3 is 15.2 Å². The number of carboxylic acids is 1. The maximum atomic E-state index is 12.3. The third-order valence-electron chi connectivity index (χ3n) is 6.35. The zero-order chi connectivity index (χ0) is 20.2. The number of carboxylic acid groups (broad SMARTS) is 1. The van der Waals surface area contributed by atoms with Gasteiger partial charge >= 0.3 is 12.1 Å². The molecule has 0 aromatic heterocycles. The molecule has 0 radical (unpaired) electrons. The largest absolute Gasteiger partial charge is 0.481 e. The highest BCUT2D eigenvalue weighted by Crippen LogP contribution is 2.44. The summed E-state index contributed by atoms with van der Waals surface area (Å²) in [6.45, 7) is 0.359. The predicted octanol–water partition coefficient (Wildman–Crippen LogP) is 4.81. The smallest absolute Gasteiger partial charge is 0.407 e. The number of nitrogens with one attached hydrogen (secondary N) is 1. The molecule has 2 N–H and O–H groups in total. The Kier molecular flexibility index (Phi) is 5.84. The summed E-state index contributed by atoms with van der Waals surface area (Å²) in [6, 6.07) is 16.4. The highest BCUT2D eigenvalue weighted by Gasteiger charge is 2.31. The fourth-order valence-corrected chi connectivity index (χ4v) is 4.83. The number of amides is 1. The molecule has 2 aromatic rings. The quantitative estimate of drug-likeness (QED) is 0.739. The molecule has 1 saturated carbocycles. The summed E-state index contributed by atoms with van der Waals surface area (Å²) in [5, 5.41) is 12.3. The van der Waals surface area contributed by atoms with E-state index < -0.39 is 18.0 Å². The molecule has 1 amide bonds. The number of hydrogen-bond donors (Lipinski definition) is 2.